The van der Waals surface area contributed by atoms with Crippen LogP contribution in [0.3, 0.4) is 0 Å². The standard InChI is InChI=1S/C18H22FN3O/c19-16-8-4-5-9-17(16)22-11-10-15(21-22)13-20-18(23)12-14-6-2-1-3-7-14/h4-5,8-11,14H,1-3,6-7,12-13H2,(H,20,23). The molecule has 1 aromatic heterocycles. The summed E-state index contributed by atoms with van der Waals surface area (Å²) in [4.78, 5) is 12.0. The number of carbonyl (C=O) groups is 1. The van der Waals surface area contributed by atoms with Gasteiger partial charge in [-0.15, -0.1) is 0 Å². The summed E-state index contributed by atoms with van der Waals surface area (Å²) in [5.74, 6) is 0.292. The summed E-state index contributed by atoms with van der Waals surface area (Å²) < 4.78 is 15.2. The molecule has 0 aliphatic heterocycles. The Hall–Kier alpha value is -2.17. The van der Waals surface area contributed by atoms with Crippen LogP contribution in [0.15, 0.2) is 36.5 Å². The third kappa shape index (κ3) is 4.18. The molecule has 0 spiro atoms. The highest BCUT2D eigenvalue weighted by Crippen LogP contribution is 2.26. The number of nitrogens with zero attached hydrogens (tertiary/aromatic N) is 2. The molecule has 23 heavy (non-hydrogen) atoms. The molecular formula is C18H22FN3O. The summed E-state index contributed by atoms with van der Waals surface area (Å²) in [5, 5.41) is 7.24. The summed E-state index contributed by atoms with van der Waals surface area (Å²) in [5.41, 5.74) is 1.14. The average Bonchev–Trinajstić information content (AvgIpc) is 3.03. The zero-order valence-corrected chi connectivity index (χ0v) is 13.2. The SMILES string of the molecule is O=C(CC1CCCCC1)NCc1ccn(-c2ccccc2F)n1. The van der Waals surface area contributed by atoms with E-state index in [1.165, 1.54) is 30.0 Å². The van der Waals surface area contributed by atoms with E-state index in [2.05, 4.69) is 10.4 Å². The van der Waals surface area contributed by atoms with E-state index in [9.17, 15) is 9.18 Å². The van der Waals surface area contributed by atoms with Crippen LogP contribution in [-0.4, -0.2) is 15.7 Å². The second kappa shape index (κ2) is 7.40. The van der Waals surface area contributed by atoms with Gasteiger partial charge in [-0.2, -0.15) is 5.10 Å². The minimum absolute atomic E-state index is 0.0809. The average molecular weight is 315 g/mol. The topological polar surface area (TPSA) is 46.9 Å². The van der Waals surface area contributed by atoms with Crippen LogP contribution in [0.4, 0.5) is 4.39 Å². The summed E-state index contributed by atoms with van der Waals surface area (Å²) in [6.45, 7) is 0.382. The Morgan fingerprint density at radius 2 is 2.00 bits per heavy atom. The van der Waals surface area contributed by atoms with E-state index in [1.807, 2.05) is 0 Å². The van der Waals surface area contributed by atoms with Gasteiger partial charge in [0.2, 0.25) is 5.91 Å². The fraction of sp³-hybridized carbons (Fsp3) is 0.444. The van der Waals surface area contributed by atoms with Gasteiger partial charge in [0.1, 0.15) is 11.5 Å². The minimum atomic E-state index is -0.316. The molecule has 1 heterocycles. The summed E-state index contributed by atoms with van der Waals surface area (Å²) >= 11 is 0. The number of rotatable bonds is 5. The number of benzene rings is 1. The van der Waals surface area contributed by atoms with E-state index in [1.54, 1.807) is 30.5 Å². The number of amides is 1. The number of halogens is 1. The lowest BCUT2D eigenvalue weighted by Crippen LogP contribution is -2.26. The Morgan fingerprint density at radius 1 is 1.22 bits per heavy atom. The van der Waals surface area contributed by atoms with E-state index in [0.717, 1.165) is 18.5 Å². The molecule has 1 N–H and O–H groups in total. The number of hydrogen-bond acceptors (Lipinski definition) is 2. The molecule has 1 aromatic carbocycles. The molecule has 1 amide bonds. The van der Waals surface area contributed by atoms with Crippen LogP contribution in [0.2, 0.25) is 0 Å². The van der Waals surface area contributed by atoms with Crippen molar-refractivity contribution in [2.45, 2.75) is 45.1 Å². The molecule has 122 valence electrons. The maximum absolute atomic E-state index is 13.7. The third-order valence-electron chi connectivity index (χ3n) is 4.41. The van der Waals surface area contributed by atoms with Crippen LogP contribution in [-0.2, 0) is 11.3 Å². The zero-order chi connectivity index (χ0) is 16.1. The highest BCUT2D eigenvalue weighted by atomic mass is 19.1. The van der Waals surface area contributed by atoms with Gasteiger partial charge in [0.15, 0.2) is 0 Å². The lowest BCUT2D eigenvalue weighted by atomic mass is 9.87. The second-order valence-electron chi connectivity index (χ2n) is 6.19. The van der Waals surface area contributed by atoms with Gasteiger partial charge in [0.25, 0.3) is 0 Å². The molecule has 0 atom stereocenters. The van der Waals surface area contributed by atoms with Crippen molar-refractivity contribution in [1.82, 2.24) is 15.1 Å². The van der Waals surface area contributed by atoms with Gasteiger partial charge < -0.3 is 5.32 Å². The highest BCUT2D eigenvalue weighted by molar-refractivity contribution is 5.76. The first kappa shape index (κ1) is 15.7. The van der Waals surface area contributed by atoms with Crippen molar-refractivity contribution in [3.05, 3.63) is 48.0 Å². The molecule has 3 rings (SSSR count). The first-order valence-electron chi connectivity index (χ1n) is 8.28. The number of carbonyl (C=O) groups excluding carboxylic acids is 1. The fourth-order valence-corrected chi connectivity index (χ4v) is 3.14. The maximum atomic E-state index is 13.7. The summed E-state index contributed by atoms with van der Waals surface area (Å²) in [6.07, 6.45) is 8.42. The minimum Gasteiger partial charge on any atom is -0.350 e. The lowest BCUT2D eigenvalue weighted by Gasteiger charge is -2.20. The predicted molar refractivity (Wildman–Crippen MR) is 86.6 cm³/mol. The normalized spacial score (nSPS) is 15.5. The van der Waals surface area contributed by atoms with E-state index in [4.69, 9.17) is 0 Å². The maximum Gasteiger partial charge on any atom is 0.220 e. The quantitative estimate of drug-likeness (QED) is 0.916. The number of nitrogens with one attached hydrogen (secondary N) is 1. The van der Waals surface area contributed by atoms with Crippen LogP contribution in [0, 0.1) is 11.7 Å². The smallest absolute Gasteiger partial charge is 0.220 e. The second-order valence-corrected chi connectivity index (χ2v) is 6.19. The lowest BCUT2D eigenvalue weighted by molar-refractivity contribution is -0.122. The molecule has 1 fully saturated rings. The van der Waals surface area contributed by atoms with Crippen LogP contribution in [0.5, 0.6) is 0 Å². The summed E-state index contributed by atoms with van der Waals surface area (Å²) in [6, 6.07) is 8.30. The molecule has 1 saturated carbocycles. The van der Waals surface area contributed by atoms with Gasteiger partial charge in [-0.25, -0.2) is 9.07 Å². The molecule has 0 bridgehead atoms. The van der Waals surface area contributed by atoms with Crippen molar-refractivity contribution in [1.29, 1.82) is 0 Å². The van der Waals surface area contributed by atoms with Crippen molar-refractivity contribution in [3.8, 4) is 5.69 Å². The van der Waals surface area contributed by atoms with Gasteiger partial charge in [-0.05, 0) is 37.0 Å². The van der Waals surface area contributed by atoms with Crippen molar-refractivity contribution in [2.75, 3.05) is 0 Å². The molecule has 5 heteroatoms. The van der Waals surface area contributed by atoms with Crippen molar-refractivity contribution < 1.29 is 9.18 Å². The van der Waals surface area contributed by atoms with Crippen molar-refractivity contribution in [3.63, 3.8) is 0 Å². The van der Waals surface area contributed by atoms with Crippen LogP contribution < -0.4 is 5.32 Å². The van der Waals surface area contributed by atoms with E-state index < -0.39 is 0 Å². The third-order valence-corrected chi connectivity index (χ3v) is 4.41. The fourth-order valence-electron chi connectivity index (χ4n) is 3.14. The number of para-hydroxylation sites is 1. The molecular weight excluding hydrogens is 293 g/mol. The Kier molecular flexibility index (Phi) is 5.05. The summed E-state index contributed by atoms with van der Waals surface area (Å²) in [7, 11) is 0. The Balaban J connectivity index is 1.53. The first-order chi connectivity index (χ1) is 11.2. The monoisotopic (exact) mass is 315 g/mol. The Bertz CT molecular complexity index is 662. The van der Waals surface area contributed by atoms with Crippen LogP contribution in [0.1, 0.15) is 44.2 Å². The van der Waals surface area contributed by atoms with Gasteiger partial charge in [-0.3, -0.25) is 4.79 Å². The predicted octanol–water partition coefficient (Wildman–Crippen LogP) is 3.60. The number of hydrogen-bond donors (Lipinski definition) is 1. The van der Waals surface area contributed by atoms with Gasteiger partial charge in [0, 0.05) is 12.6 Å². The first-order valence-corrected chi connectivity index (χ1v) is 8.28. The molecule has 0 unspecified atom stereocenters. The van der Waals surface area contributed by atoms with Crippen molar-refractivity contribution in [2.24, 2.45) is 5.92 Å². The van der Waals surface area contributed by atoms with E-state index in [0.29, 0.717) is 24.6 Å². The van der Waals surface area contributed by atoms with Crippen LogP contribution >= 0.6 is 0 Å². The van der Waals surface area contributed by atoms with E-state index >= 15 is 0 Å². The molecule has 4 nitrogen and oxygen atoms in total. The molecule has 0 radical (unpaired) electrons. The van der Waals surface area contributed by atoms with Crippen LogP contribution in [0.25, 0.3) is 5.69 Å². The van der Waals surface area contributed by atoms with Gasteiger partial charge in [0.05, 0.1) is 12.2 Å². The van der Waals surface area contributed by atoms with Gasteiger partial charge >= 0.3 is 0 Å². The molecule has 1 aliphatic rings. The highest BCUT2D eigenvalue weighted by Gasteiger charge is 2.17. The zero-order valence-electron chi connectivity index (χ0n) is 13.2. The number of aromatic nitrogens is 2. The Morgan fingerprint density at radius 3 is 2.78 bits per heavy atom. The molecule has 0 saturated heterocycles. The molecule has 2 aromatic rings. The Labute approximate surface area is 135 Å². The van der Waals surface area contributed by atoms with Gasteiger partial charge in [-0.1, -0.05) is 31.4 Å². The van der Waals surface area contributed by atoms with E-state index in [-0.39, 0.29) is 11.7 Å². The van der Waals surface area contributed by atoms with Crippen molar-refractivity contribution >= 4 is 5.91 Å². The largest absolute Gasteiger partial charge is 0.350 e. The molecule has 1 aliphatic carbocycles.